The number of hydrogen-bond acceptors (Lipinski definition) is 2. The van der Waals surface area contributed by atoms with Crippen molar-refractivity contribution >= 4 is 31.9 Å². The van der Waals surface area contributed by atoms with Crippen LogP contribution in [0.4, 0.5) is 0 Å². The van der Waals surface area contributed by atoms with Crippen LogP contribution in [0.1, 0.15) is 39.2 Å². The van der Waals surface area contributed by atoms with E-state index in [0.717, 1.165) is 40.6 Å². The second kappa shape index (κ2) is 8.18. The maximum Gasteiger partial charge on any atom is 0.148 e. The van der Waals surface area contributed by atoms with Gasteiger partial charge in [0.05, 0.1) is 15.0 Å². The van der Waals surface area contributed by atoms with Crippen molar-refractivity contribution in [3.63, 3.8) is 0 Å². The van der Waals surface area contributed by atoms with Gasteiger partial charge in [-0.2, -0.15) is 0 Å². The first-order chi connectivity index (χ1) is 8.62. The minimum Gasteiger partial charge on any atom is -0.488 e. The molecule has 0 radical (unpaired) electrons. The quantitative estimate of drug-likeness (QED) is 0.729. The SMILES string of the molecule is CCNCc1cc(Br)c(OC(CC)CC)c(Br)c1. The fourth-order valence-electron chi connectivity index (χ4n) is 1.72. The van der Waals surface area contributed by atoms with Gasteiger partial charge in [-0.15, -0.1) is 0 Å². The van der Waals surface area contributed by atoms with Crippen molar-refractivity contribution in [1.82, 2.24) is 5.32 Å². The Morgan fingerprint density at radius 2 is 1.67 bits per heavy atom. The molecule has 1 N–H and O–H groups in total. The molecule has 2 nitrogen and oxygen atoms in total. The van der Waals surface area contributed by atoms with Crippen molar-refractivity contribution in [2.45, 2.75) is 46.3 Å². The second-order valence-electron chi connectivity index (χ2n) is 4.23. The molecular weight excluding hydrogens is 358 g/mol. The van der Waals surface area contributed by atoms with E-state index >= 15 is 0 Å². The van der Waals surface area contributed by atoms with Gasteiger partial charge in [0.1, 0.15) is 5.75 Å². The molecule has 0 aliphatic heterocycles. The van der Waals surface area contributed by atoms with E-state index in [9.17, 15) is 0 Å². The zero-order chi connectivity index (χ0) is 13.5. The summed E-state index contributed by atoms with van der Waals surface area (Å²) in [6, 6.07) is 4.23. The van der Waals surface area contributed by atoms with Crippen LogP contribution in [0.5, 0.6) is 5.75 Å². The highest BCUT2D eigenvalue weighted by atomic mass is 79.9. The summed E-state index contributed by atoms with van der Waals surface area (Å²) in [5, 5.41) is 3.32. The zero-order valence-electron chi connectivity index (χ0n) is 11.2. The maximum atomic E-state index is 6.02. The maximum absolute atomic E-state index is 6.02. The molecule has 4 heteroatoms. The Bertz CT molecular complexity index is 355. The first-order valence-corrected chi connectivity index (χ1v) is 8.06. The molecule has 18 heavy (non-hydrogen) atoms. The highest BCUT2D eigenvalue weighted by Gasteiger charge is 2.13. The number of ether oxygens (including phenoxy) is 1. The number of benzene rings is 1. The molecule has 0 atom stereocenters. The van der Waals surface area contributed by atoms with E-state index in [1.165, 1.54) is 5.56 Å². The van der Waals surface area contributed by atoms with Crippen LogP contribution < -0.4 is 10.1 Å². The van der Waals surface area contributed by atoms with E-state index in [-0.39, 0.29) is 6.10 Å². The van der Waals surface area contributed by atoms with E-state index in [2.05, 4.69) is 70.1 Å². The minimum atomic E-state index is 0.275. The zero-order valence-corrected chi connectivity index (χ0v) is 14.4. The van der Waals surface area contributed by atoms with Gasteiger partial charge in [0.25, 0.3) is 0 Å². The Kier molecular flexibility index (Phi) is 7.27. The van der Waals surface area contributed by atoms with Crippen molar-refractivity contribution in [2.75, 3.05) is 6.54 Å². The molecule has 0 saturated heterocycles. The number of halogens is 2. The van der Waals surface area contributed by atoms with Crippen LogP contribution in [0.3, 0.4) is 0 Å². The van der Waals surface area contributed by atoms with E-state index in [1.54, 1.807) is 0 Å². The summed E-state index contributed by atoms with van der Waals surface area (Å²) in [5.41, 5.74) is 1.24. The van der Waals surface area contributed by atoms with Gasteiger partial charge in [-0.05, 0) is 68.9 Å². The van der Waals surface area contributed by atoms with Crippen LogP contribution in [-0.4, -0.2) is 12.6 Å². The molecule has 0 heterocycles. The van der Waals surface area contributed by atoms with Crippen LogP contribution in [0.25, 0.3) is 0 Å². The van der Waals surface area contributed by atoms with E-state index in [4.69, 9.17) is 4.74 Å². The van der Waals surface area contributed by atoms with Crippen molar-refractivity contribution < 1.29 is 4.74 Å². The lowest BCUT2D eigenvalue weighted by Crippen LogP contribution is -2.15. The van der Waals surface area contributed by atoms with Crippen LogP contribution in [0.2, 0.25) is 0 Å². The van der Waals surface area contributed by atoms with E-state index < -0.39 is 0 Å². The summed E-state index contributed by atoms with van der Waals surface area (Å²) < 4.78 is 8.04. The van der Waals surface area contributed by atoms with Crippen molar-refractivity contribution in [3.05, 3.63) is 26.6 Å². The fourth-order valence-corrected chi connectivity index (χ4v) is 3.19. The number of nitrogens with one attached hydrogen (secondary N) is 1. The fraction of sp³-hybridized carbons (Fsp3) is 0.571. The van der Waals surface area contributed by atoms with Crippen LogP contribution in [-0.2, 0) is 6.54 Å². The molecule has 0 aliphatic rings. The Balaban J connectivity index is 2.86. The molecule has 1 rings (SSSR count). The summed E-state index contributed by atoms with van der Waals surface area (Å²) in [7, 11) is 0. The molecule has 1 aromatic carbocycles. The molecule has 1 aromatic rings. The monoisotopic (exact) mass is 377 g/mol. The third kappa shape index (κ3) is 4.56. The number of rotatable bonds is 7. The summed E-state index contributed by atoms with van der Waals surface area (Å²) in [4.78, 5) is 0. The van der Waals surface area contributed by atoms with Gasteiger partial charge in [0.15, 0.2) is 0 Å². The third-order valence-electron chi connectivity index (χ3n) is 2.83. The highest BCUT2D eigenvalue weighted by molar-refractivity contribution is 9.11. The second-order valence-corrected chi connectivity index (χ2v) is 5.93. The van der Waals surface area contributed by atoms with E-state index in [0.29, 0.717) is 0 Å². The van der Waals surface area contributed by atoms with Crippen LogP contribution >= 0.6 is 31.9 Å². The average molecular weight is 379 g/mol. The van der Waals surface area contributed by atoms with Crippen molar-refractivity contribution in [3.8, 4) is 5.75 Å². The van der Waals surface area contributed by atoms with Crippen molar-refractivity contribution in [1.29, 1.82) is 0 Å². The molecule has 0 spiro atoms. The molecule has 102 valence electrons. The molecule has 0 fully saturated rings. The molecule has 0 saturated carbocycles. The van der Waals surface area contributed by atoms with Gasteiger partial charge in [-0.1, -0.05) is 20.8 Å². The van der Waals surface area contributed by atoms with Gasteiger partial charge in [0, 0.05) is 6.54 Å². The highest BCUT2D eigenvalue weighted by Crippen LogP contribution is 2.36. The lowest BCUT2D eigenvalue weighted by atomic mass is 10.2. The van der Waals surface area contributed by atoms with Gasteiger partial charge >= 0.3 is 0 Å². The predicted octanol–water partition coefficient (Wildman–Crippen LogP) is 4.89. The molecule has 0 aromatic heterocycles. The Hall–Kier alpha value is -0.0600. The topological polar surface area (TPSA) is 21.3 Å². The van der Waals surface area contributed by atoms with Crippen LogP contribution in [0.15, 0.2) is 21.1 Å². The Morgan fingerprint density at radius 3 is 2.11 bits per heavy atom. The summed E-state index contributed by atoms with van der Waals surface area (Å²) in [5.74, 6) is 0.906. The van der Waals surface area contributed by atoms with E-state index in [1.807, 2.05) is 0 Å². The molecule has 0 aliphatic carbocycles. The minimum absolute atomic E-state index is 0.275. The van der Waals surface area contributed by atoms with Crippen molar-refractivity contribution in [2.24, 2.45) is 0 Å². The average Bonchev–Trinajstić information content (AvgIpc) is 2.36. The molecule has 0 unspecified atom stereocenters. The molecular formula is C14H21Br2NO. The smallest absolute Gasteiger partial charge is 0.148 e. The first-order valence-electron chi connectivity index (χ1n) is 6.47. The number of hydrogen-bond donors (Lipinski definition) is 1. The summed E-state index contributed by atoms with van der Waals surface area (Å²) >= 11 is 7.19. The summed E-state index contributed by atoms with van der Waals surface area (Å²) in [6.45, 7) is 8.25. The van der Waals surface area contributed by atoms with Gasteiger partial charge < -0.3 is 10.1 Å². The van der Waals surface area contributed by atoms with Gasteiger partial charge in [-0.25, -0.2) is 0 Å². The normalized spacial score (nSPS) is 11.0. The van der Waals surface area contributed by atoms with Gasteiger partial charge in [0.2, 0.25) is 0 Å². The predicted molar refractivity (Wildman–Crippen MR) is 84.2 cm³/mol. The Morgan fingerprint density at radius 1 is 1.11 bits per heavy atom. The first kappa shape index (κ1) is 16.0. The molecule has 0 amide bonds. The Labute approximate surface area is 127 Å². The van der Waals surface area contributed by atoms with Crippen LogP contribution in [0, 0.1) is 0 Å². The lowest BCUT2D eigenvalue weighted by molar-refractivity contribution is 0.190. The molecule has 0 bridgehead atoms. The largest absolute Gasteiger partial charge is 0.488 e. The standard InChI is InChI=1S/C14H21Br2NO/c1-4-11(5-2)18-14-12(15)7-10(8-13(14)16)9-17-6-3/h7-8,11,17H,4-6,9H2,1-3H3. The van der Waals surface area contributed by atoms with Gasteiger partial charge in [-0.3, -0.25) is 0 Å². The lowest BCUT2D eigenvalue weighted by Gasteiger charge is -2.19. The third-order valence-corrected chi connectivity index (χ3v) is 4.01. The summed E-state index contributed by atoms with van der Waals surface area (Å²) in [6.07, 6.45) is 2.32.